The third-order valence-corrected chi connectivity index (χ3v) is 4.15. The molecule has 0 bridgehead atoms. The lowest BCUT2D eigenvalue weighted by Gasteiger charge is -2.19. The zero-order valence-electron chi connectivity index (χ0n) is 13.4. The van der Waals surface area contributed by atoms with Gasteiger partial charge in [0, 0.05) is 12.7 Å². The van der Waals surface area contributed by atoms with E-state index in [1.54, 1.807) is 0 Å². The third-order valence-electron chi connectivity index (χ3n) is 3.86. The number of benzene rings is 1. The molecular weight excluding hydrogens is 294 g/mol. The maximum Gasteiger partial charge on any atom is 0.145 e. The lowest BCUT2D eigenvalue weighted by Crippen LogP contribution is -2.11. The van der Waals surface area contributed by atoms with Crippen molar-refractivity contribution in [3.8, 4) is 0 Å². The van der Waals surface area contributed by atoms with Gasteiger partial charge in [-0.3, -0.25) is 0 Å². The van der Waals surface area contributed by atoms with Crippen LogP contribution >= 0.6 is 11.6 Å². The number of halogens is 1. The lowest BCUT2D eigenvalue weighted by molar-refractivity contribution is 0.590. The van der Waals surface area contributed by atoms with Crippen LogP contribution in [-0.4, -0.2) is 14.5 Å². The summed E-state index contributed by atoms with van der Waals surface area (Å²) < 4.78 is 2.11. The summed E-state index contributed by atoms with van der Waals surface area (Å²) in [7, 11) is 0. The van der Waals surface area contributed by atoms with E-state index in [0.717, 1.165) is 17.6 Å². The Morgan fingerprint density at radius 2 is 1.73 bits per heavy atom. The fraction of sp³-hybridized carbons (Fsp3) is 0.333. The fourth-order valence-electron chi connectivity index (χ4n) is 2.56. The van der Waals surface area contributed by atoms with Crippen LogP contribution in [0.3, 0.4) is 0 Å². The van der Waals surface area contributed by atoms with Crippen molar-refractivity contribution >= 4 is 22.6 Å². The van der Waals surface area contributed by atoms with Gasteiger partial charge in [0.05, 0.1) is 5.39 Å². The minimum Gasteiger partial charge on any atom is -0.328 e. The van der Waals surface area contributed by atoms with Gasteiger partial charge >= 0.3 is 0 Å². The molecule has 0 saturated carbocycles. The highest BCUT2D eigenvalue weighted by Crippen LogP contribution is 2.24. The summed E-state index contributed by atoms with van der Waals surface area (Å²) in [5.41, 5.74) is 3.65. The van der Waals surface area contributed by atoms with E-state index in [9.17, 15) is 0 Å². The van der Waals surface area contributed by atoms with E-state index in [2.05, 4.69) is 59.6 Å². The summed E-state index contributed by atoms with van der Waals surface area (Å²) in [5.74, 6) is 0.695. The molecule has 0 N–H and O–H groups in total. The maximum absolute atomic E-state index is 6.19. The summed E-state index contributed by atoms with van der Waals surface area (Å²) in [4.78, 5) is 8.72. The highest BCUT2D eigenvalue weighted by atomic mass is 35.5. The third kappa shape index (κ3) is 2.86. The fourth-order valence-corrected chi connectivity index (χ4v) is 2.83. The number of fused-ring (bicyclic) bond motifs is 1. The molecule has 3 nitrogen and oxygen atoms in total. The molecule has 0 unspecified atom stereocenters. The van der Waals surface area contributed by atoms with Gasteiger partial charge in [0.2, 0.25) is 0 Å². The average molecular weight is 314 g/mol. The zero-order valence-corrected chi connectivity index (χ0v) is 14.1. The van der Waals surface area contributed by atoms with E-state index in [0.29, 0.717) is 11.0 Å². The number of aryl methyl sites for hydroxylation is 1. The van der Waals surface area contributed by atoms with Crippen LogP contribution < -0.4 is 0 Å². The van der Waals surface area contributed by atoms with Crippen LogP contribution in [0.25, 0.3) is 11.0 Å². The Labute approximate surface area is 136 Å². The van der Waals surface area contributed by atoms with Crippen LogP contribution in [0.1, 0.15) is 37.7 Å². The standard InChI is InChI=1S/C18H20ClN3/c1-12-20-16(19)15-9-10-22(17(15)21-12)11-13-5-7-14(8-6-13)18(2,3)4/h5-10H,11H2,1-4H3. The van der Waals surface area contributed by atoms with Crippen LogP contribution in [0.4, 0.5) is 0 Å². The summed E-state index contributed by atoms with van der Waals surface area (Å²) in [6.45, 7) is 9.32. The van der Waals surface area contributed by atoms with E-state index in [4.69, 9.17) is 11.6 Å². The Balaban J connectivity index is 1.93. The Morgan fingerprint density at radius 3 is 2.36 bits per heavy atom. The Kier molecular flexibility index (Phi) is 3.69. The summed E-state index contributed by atoms with van der Waals surface area (Å²) in [5, 5.41) is 1.42. The van der Waals surface area contributed by atoms with Gasteiger partial charge in [0.25, 0.3) is 0 Å². The van der Waals surface area contributed by atoms with Gasteiger partial charge in [-0.15, -0.1) is 0 Å². The molecule has 0 aliphatic rings. The van der Waals surface area contributed by atoms with Gasteiger partial charge in [0.15, 0.2) is 0 Å². The first-order valence-electron chi connectivity index (χ1n) is 7.43. The monoisotopic (exact) mass is 313 g/mol. The molecular formula is C18H20ClN3. The average Bonchev–Trinajstić information content (AvgIpc) is 2.82. The van der Waals surface area contributed by atoms with E-state index in [1.165, 1.54) is 11.1 Å². The SMILES string of the molecule is Cc1nc(Cl)c2ccn(Cc3ccc(C(C)(C)C)cc3)c2n1. The minimum absolute atomic E-state index is 0.177. The first-order valence-corrected chi connectivity index (χ1v) is 7.81. The van der Waals surface area contributed by atoms with Gasteiger partial charge in [0.1, 0.15) is 16.6 Å². The first kappa shape index (κ1) is 15.0. The number of aromatic nitrogens is 3. The van der Waals surface area contributed by atoms with Gasteiger partial charge in [-0.2, -0.15) is 0 Å². The molecule has 0 radical (unpaired) electrons. The normalized spacial score (nSPS) is 12.0. The molecule has 0 saturated heterocycles. The minimum atomic E-state index is 0.177. The topological polar surface area (TPSA) is 30.7 Å². The van der Waals surface area contributed by atoms with Crippen LogP contribution in [0, 0.1) is 6.92 Å². The van der Waals surface area contributed by atoms with Crippen molar-refractivity contribution in [1.82, 2.24) is 14.5 Å². The van der Waals surface area contributed by atoms with Crippen molar-refractivity contribution in [3.05, 3.63) is 58.6 Å². The number of rotatable bonds is 2. The van der Waals surface area contributed by atoms with E-state index >= 15 is 0 Å². The quantitative estimate of drug-likeness (QED) is 0.640. The molecule has 4 heteroatoms. The number of hydrogen-bond donors (Lipinski definition) is 0. The van der Waals surface area contributed by atoms with Crippen molar-refractivity contribution in [2.45, 2.75) is 39.7 Å². The van der Waals surface area contributed by atoms with Gasteiger partial charge in [-0.05, 0) is 29.5 Å². The molecule has 2 aromatic heterocycles. The molecule has 0 fully saturated rings. The molecule has 114 valence electrons. The van der Waals surface area contributed by atoms with Gasteiger partial charge in [-0.25, -0.2) is 9.97 Å². The summed E-state index contributed by atoms with van der Waals surface area (Å²) in [6.07, 6.45) is 2.02. The van der Waals surface area contributed by atoms with Crippen LogP contribution in [0.2, 0.25) is 5.15 Å². The second kappa shape index (κ2) is 5.40. The molecule has 0 aliphatic heterocycles. The molecule has 0 atom stereocenters. The van der Waals surface area contributed by atoms with Crippen molar-refractivity contribution in [1.29, 1.82) is 0 Å². The highest BCUT2D eigenvalue weighted by molar-refractivity contribution is 6.33. The maximum atomic E-state index is 6.19. The molecule has 3 aromatic rings. The molecule has 1 aromatic carbocycles. The van der Waals surface area contributed by atoms with Crippen molar-refractivity contribution in [3.63, 3.8) is 0 Å². The van der Waals surface area contributed by atoms with Gasteiger partial charge < -0.3 is 4.57 Å². The highest BCUT2D eigenvalue weighted by Gasteiger charge is 2.13. The largest absolute Gasteiger partial charge is 0.328 e. The molecule has 0 aliphatic carbocycles. The zero-order chi connectivity index (χ0) is 15.9. The molecule has 2 heterocycles. The molecule has 22 heavy (non-hydrogen) atoms. The van der Waals surface area contributed by atoms with Crippen LogP contribution in [0.15, 0.2) is 36.5 Å². The van der Waals surface area contributed by atoms with Crippen LogP contribution in [0.5, 0.6) is 0 Å². The smallest absolute Gasteiger partial charge is 0.145 e. The van der Waals surface area contributed by atoms with E-state index < -0.39 is 0 Å². The van der Waals surface area contributed by atoms with Crippen molar-refractivity contribution in [2.75, 3.05) is 0 Å². The molecule has 3 rings (SSSR count). The summed E-state index contributed by atoms with van der Waals surface area (Å²) in [6, 6.07) is 10.7. The second-order valence-electron chi connectivity index (χ2n) is 6.69. The van der Waals surface area contributed by atoms with Crippen LogP contribution in [-0.2, 0) is 12.0 Å². The second-order valence-corrected chi connectivity index (χ2v) is 7.05. The van der Waals surface area contributed by atoms with Crippen molar-refractivity contribution < 1.29 is 0 Å². The van der Waals surface area contributed by atoms with Gasteiger partial charge in [-0.1, -0.05) is 56.6 Å². The summed E-state index contributed by atoms with van der Waals surface area (Å²) >= 11 is 6.19. The van der Waals surface area contributed by atoms with Crippen molar-refractivity contribution in [2.24, 2.45) is 0 Å². The number of hydrogen-bond acceptors (Lipinski definition) is 2. The first-order chi connectivity index (χ1) is 10.3. The molecule has 0 amide bonds. The Bertz CT molecular complexity index is 811. The molecule has 0 spiro atoms. The Hall–Kier alpha value is -1.87. The van der Waals surface area contributed by atoms with E-state index in [1.807, 2.05) is 19.2 Å². The lowest BCUT2D eigenvalue weighted by atomic mass is 9.87. The predicted molar refractivity (Wildman–Crippen MR) is 91.5 cm³/mol. The predicted octanol–water partition coefficient (Wildman–Crippen LogP) is 4.74. The number of nitrogens with zero attached hydrogens (tertiary/aromatic N) is 3. The van der Waals surface area contributed by atoms with E-state index in [-0.39, 0.29) is 5.41 Å². The Morgan fingerprint density at radius 1 is 1.05 bits per heavy atom.